The van der Waals surface area contributed by atoms with E-state index in [2.05, 4.69) is 15.5 Å². The highest BCUT2D eigenvalue weighted by molar-refractivity contribution is 6.31. The van der Waals surface area contributed by atoms with Crippen molar-refractivity contribution in [2.75, 3.05) is 5.43 Å². The number of fused-ring (bicyclic) bond motifs is 2. The van der Waals surface area contributed by atoms with Crippen molar-refractivity contribution in [3.8, 4) is 5.75 Å². The molecule has 1 aromatic heterocycles. The standard InChI is InChI=1S/C20H14ClN3O/c21-14-6-7-16-18(9-10-22-19(16)11-14)24-23-12-17-15-4-2-1-3-13(15)5-8-20(17)25/h1-12,25H,(H,22,24). The van der Waals surface area contributed by atoms with Crippen LogP contribution in [0.1, 0.15) is 5.56 Å². The van der Waals surface area contributed by atoms with Gasteiger partial charge in [0.05, 0.1) is 17.4 Å². The summed E-state index contributed by atoms with van der Waals surface area (Å²) in [4.78, 5) is 4.31. The van der Waals surface area contributed by atoms with Gasteiger partial charge in [-0.15, -0.1) is 0 Å². The summed E-state index contributed by atoms with van der Waals surface area (Å²) in [5.74, 6) is 0.190. The molecule has 0 aliphatic carbocycles. The van der Waals surface area contributed by atoms with Crippen molar-refractivity contribution in [3.05, 3.63) is 77.4 Å². The van der Waals surface area contributed by atoms with Gasteiger partial charge in [-0.3, -0.25) is 10.4 Å². The lowest BCUT2D eigenvalue weighted by Gasteiger charge is -2.07. The number of halogens is 1. The van der Waals surface area contributed by atoms with E-state index in [0.29, 0.717) is 10.6 Å². The van der Waals surface area contributed by atoms with Crippen LogP contribution in [-0.4, -0.2) is 16.3 Å². The fourth-order valence-corrected chi connectivity index (χ4v) is 2.97. The number of aromatic hydroxyl groups is 1. The van der Waals surface area contributed by atoms with Gasteiger partial charge in [0.25, 0.3) is 0 Å². The Bertz CT molecular complexity index is 1110. The van der Waals surface area contributed by atoms with Gasteiger partial charge in [0, 0.05) is 22.2 Å². The van der Waals surface area contributed by atoms with E-state index in [9.17, 15) is 5.11 Å². The predicted molar refractivity (Wildman–Crippen MR) is 104 cm³/mol. The van der Waals surface area contributed by atoms with Gasteiger partial charge in [0.2, 0.25) is 0 Å². The molecule has 0 atom stereocenters. The molecule has 0 spiro atoms. The first-order valence-electron chi connectivity index (χ1n) is 7.76. The summed E-state index contributed by atoms with van der Waals surface area (Å²) < 4.78 is 0. The van der Waals surface area contributed by atoms with Crippen molar-refractivity contribution >= 4 is 45.2 Å². The van der Waals surface area contributed by atoms with Gasteiger partial charge < -0.3 is 5.11 Å². The van der Waals surface area contributed by atoms with Crippen LogP contribution in [0.25, 0.3) is 21.7 Å². The van der Waals surface area contributed by atoms with Crippen molar-refractivity contribution in [3.63, 3.8) is 0 Å². The second-order valence-corrected chi connectivity index (χ2v) is 6.05. The largest absolute Gasteiger partial charge is 0.507 e. The van der Waals surface area contributed by atoms with E-state index < -0.39 is 0 Å². The normalized spacial score (nSPS) is 11.4. The maximum Gasteiger partial charge on any atom is 0.125 e. The molecule has 5 heteroatoms. The predicted octanol–water partition coefficient (Wildman–Crippen LogP) is 5.19. The van der Waals surface area contributed by atoms with Gasteiger partial charge in [0.1, 0.15) is 5.75 Å². The Kier molecular flexibility index (Phi) is 3.96. The minimum absolute atomic E-state index is 0.190. The molecule has 0 fully saturated rings. The lowest BCUT2D eigenvalue weighted by atomic mass is 10.0. The van der Waals surface area contributed by atoms with Crippen LogP contribution in [0.3, 0.4) is 0 Å². The van der Waals surface area contributed by atoms with Crippen LogP contribution in [0.4, 0.5) is 5.69 Å². The average Bonchev–Trinajstić information content (AvgIpc) is 2.63. The minimum atomic E-state index is 0.190. The minimum Gasteiger partial charge on any atom is -0.507 e. The van der Waals surface area contributed by atoms with E-state index in [0.717, 1.165) is 27.4 Å². The number of benzene rings is 3. The number of pyridine rings is 1. The third kappa shape index (κ3) is 2.99. The molecule has 1 heterocycles. The molecule has 0 bridgehead atoms. The number of aromatic nitrogens is 1. The zero-order valence-corrected chi connectivity index (χ0v) is 13.9. The van der Waals surface area contributed by atoms with Crippen molar-refractivity contribution in [1.29, 1.82) is 0 Å². The van der Waals surface area contributed by atoms with Gasteiger partial charge in [-0.05, 0) is 41.1 Å². The van der Waals surface area contributed by atoms with Crippen LogP contribution in [-0.2, 0) is 0 Å². The molecule has 2 N–H and O–H groups in total. The van der Waals surface area contributed by atoms with Crippen molar-refractivity contribution in [1.82, 2.24) is 4.98 Å². The maximum atomic E-state index is 10.2. The first-order valence-corrected chi connectivity index (χ1v) is 8.14. The van der Waals surface area contributed by atoms with Crippen LogP contribution in [0.5, 0.6) is 5.75 Å². The first-order chi connectivity index (χ1) is 12.2. The maximum absolute atomic E-state index is 10.2. The van der Waals surface area contributed by atoms with E-state index >= 15 is 0 Å². The number of nitrogens with one attached hydrogen (secondary N) is 1. The summed E-state index contributed by atoms with van der Waals surface area (Å²) >= 11 is 6.01. The Labute approximate surface area is 149 Å². The van der Waals surface area contributed by atoms with Crippen molar-refractivity contribution < 1.29 is 5.11 Å². The number of phenolic OH excluding ortho intramolecular Hbond substituents is 1. The Morgan fingerprint density at radius 3 is 2.80 bits per heavy atom. The molecule has 0 radical (unpaired) electrons. The average molecular weight is 348 g/mol. The highest BCUT2D eigenvalue weighted by Gasteiger charge is 2.05. The molecular formula is C20H14ClN3O. The number of hydrazone groups is 1. The zero-order valence-electron chi connectivity index (χ0n) is 13.1. The Morgan fingerprint density at radius 1 is 1.00 bits per heavy atom. The van der Waals surface area contributed by atoms with E-state index in [1.54, 1.807) is 18.5 Å². The molecule has 0 unspecified atom stereocenters. The monoisotopic (exact) mass is 347 g/mol. The summed E-state index contributed by atoms with van der Waals surface area (Å²) in [5, 5.41) is 18.0. The number of rotatable bonds is 3. The van der Waals surface area contributed by atoms with Gasteiger partial charge in [-0.2, -0.15) is 5.10 Å². The molecule has 4 nitrogen and oxygen atoms in total. The summed E-state index contributed by atoms with van der Waals surface area (Å²) in [6, 6.07) is 18.8. The zero-order chi connectivity index (χ0) is 17.2. The molecule has 0 aliphatic heterocycles. The molecule has 122 valence electrons. The van der Waals surface area contributed by atoms with Crippen LogP contribution < -0.4 is 5.43 Å². The van der Waals surface area contributed by atoms with Crippen LogP contribution in [0.2, 0.25) is 5.02 Å². The van der Waals surface area contributed by atoms with Gasteiger partial charge >= 0.3 is 0 Å². The molecular weight excluding hydrogens is 334 g/mol. The van der Waals surface area contributed by atoms with Crippen molar-refractivity contribution in [2.24, 2.45) is 5.10 Å². The number of anilines is 1. The highest BCUT2D eigenvalue weighted by atomic mass is 35.5. The molecule has 4 rings (SSSR count). The van der Waals surface area contributed by atoms with Gasteiger partial charge in [-0.25, -0.2) is 0 Å². The van der Waals surface area contributed by atoms with Gasteiger partial charge in [0.15, 0.2) is 0 Å². The fourth-order valence-electron chi connectivity index (χ4n) is 2.80. The van der Waals surface area contributed by atoms with Gasteiger partial charge in [-0.1, -0.05) is 41.9 Å². The lowest BCUT2D eigenvalue weighted by Crippen LogP contribution is -1.94. The number of hydrogen-bond donors (Lipinski definition) is 2. The molecule has 0 amide bonds. The lowest BCUT2D eigenvalue weighted by molar-refractivity contribution is 0.475. The fraction of sp³-hybridized carbons (Fsp3) is 0. The van der Waals surface area contributed by atoms with E-state index in [-0.39, 0.29) is 5.75 Å². The van der Waals surface area contributed by atoms with E-state index in [1.165, 1.54) is 0 Å². The molecule has 3 aromatic carbocycles. The second-order valence-electron chi connectivity index (χ2n) is 5.61. The summed E-state index contributed by atoms with van der Waals surface area (Å²) in [5.41, 5.74) is 5.31. The first kappa shape index (κ1) is 15.4. The highest BCUT2D eigenvalue weighted by Crippen LogP contribution is 2.26. The number of hydrogen-bond acceptors (Lipinski definition) is 4. The summed E-state index contributed by atoms with van der Waals surface area (Å²) in [6.07, 6.45) is 3.33. The Balaban J connectivity index is 1.70. The van der Waals surface area contributed by atoms with Crippen LogP contribution in [0, 0.1) is 0 Å². The van der Waals surface area contributed by atoms with E-state index in [4.69, 9.17) is 11.6 Å². The Hall–Kier alpha value is -3.11. The van der Waals surface area contributed by atoms with Crippen molar-refractivity contribution in [2.45, 2.75) is 0 Å². The summed E-state index contributed by atoms with van der Waals surface area (Å²) in [7, 11) is 0. The number of phenols is 1. The third-order valence-electron chi connectivity index (χ3n) is 4.03. The summed E-state index contributed by atoms with van der Waals surface area (Å²) in [6.45, 7) is 0. The topological polar surface area (TPSA) is 57.5 Å². The third-order valence-corrected chi connectivity index (χ3v) is 4.27. The van der Waals surface area contributed by atoms with Crippen LogP contribution in [0.15, 0.2) is 72.0 Å². The quantitative estimate of drug-likeness (QED) is 0.396. The number of nitrogens with zero attached hydrogens (tertiary/aromatic N) is 2. The molecule has 25 heavy (non-hydrogen) atoms. The molecule has 0 saturated carbocycles. The van der Waals surface area contributed by atoms with E-state index in [1.807, 2.05) is 54.6 Å². The molecule has 4 aromatic rings. The SMILES string of the molecule is Oc1ccc2ccccc2c1C=NNc1ccnc2cc(Cl)ccc12. The molecule has 0 saturated heterocycles. The second kappa shape index (κ2) is 6.42. The molecule has 0 aliphatic rings. The Morgan fingerprint density at radius 2 is 1.88 bits per heavy atom. The smallest absolute Gasteiger partial charge is 0.125 e. The van der Waals surface area contributed by atoms with Crippen LogP contribution >= 0.6 is 11.6 Å².